The Morgan fingerprint density at radius 1 is 1.04 bits per heavy atom. The zero-order chi connectivity index (χ0) is 17.2. The molecular formula is C19H18N4O2. The Balaban J connectivity index is 1.60. The molecule has 1 fully saturated rings. The number of nitrogens with one attached hydrogen (secondary N) is 2. The molecule has 1 aliphatic rings. The van der Waals surface area contributed by atoms with Crippen LogP contribution in [0.15, 0.2) is 54.7 Å². The zero-order valence-corrected chi connectivity index (χ0v) is 13.6. The number of rotatable bonds is 5. The van der Waals surface area contributed by atoms with Gasteiger partial charge < -0.3 is 10.6 Å². The van der Waals surface area contributed by atoms with Gasteiger partial charge in [-0.2, -0.15) is 0 Å². The van der Waals surface area contributed by atoms with Crippen LogP contribution in [0.1, 0.15) is 39.5 Å². The molecule has 0 radical (unpaired) electrons. The summed E-state index contributed by atoms with van der Waals surface area (Å²) in [6, 6.07) is 15.3. The Morgan fingerprint density at radius 3 is 2.56 bits per heavy atom. The molecule has 3 aromatic rings. The van der Waals surface area contributed by atoms with Gasteiger partial charge in [-0.05, 0) is 30.5 Å². The fourth-order valence-electron chi connectivity index (χ4n) is 2.70. The minimum absolute atomic E-state index is 0.235. The van der Waals surface area contributed by atoms with E-state index in [4.69, 9.17) is 0 Å². The Morgan fingerprint density at radius 2 is 1.80 bits per heavy atom. The van der Waals surface area contributed by atoms with E-state index in [1.807, 2.05) is 42.5 Å². The molecule has 2 aromatic heterocycles. The highest BCUT2D eigenvalue weighted by atomic mass is 16.2. The molecule has 126 valence electrons. The molecule has 6 heteroatoms. The fourth-order valence-corrected chi connectivity index (χ4v) is 2.70. The molecule has 0 atom stereocenters. The third-order valence-electron chi connectivity index (χ3n) is 4.18. The van der Waals surface area contributed by atoms with Crippen molar-refractivity contribution in [3.63, 3.8) is 0 Å². The smallest absolute Gasteiger partial charge is 0.287 e. The lowest BCUT2D eigenvalue weighted by Crippen LogP contribution is -2.27. The maximum Gasteiger partial charge on any atom is 0.287 e. The fraction of sp³-hybridized carbons (Fsp3) is 0.211. The molecule has 1 saturated carbocycles. The van der Waals surface area contributed by atoms with Gasteiger partial charge >= 0.3 is 0 Å². The van der Waals surface area contributed by atoms with E-state index in [-0.39, 0.29) is 29.4 Å². The van der Waals surface area contributed by atoms with E-state index in [0.29, 0.717) is 12.1 Å². The number of carbonyl (C=O) groups is 2. The summed E-state index contributed by atoms with van der Waals surface area (Å²) in [5.74, 6) is -0.295. The quantitative estimate of drug-likeness (QED) is 0.751. The first-order chi connectivity index (χ1) is 12.2. The van der Waals surface area contributed by atoms with Gasteiger partial charge in [-0.1, -0.05) is 36.4 Å². The molecular weight excluding hydrogens is 316 g/mol. The van der Waals surface area contributed by atoms with Crippen molar-refractivity contribution < 1.29 is 9.59 Å². The normalized spacial score (nSPS) is 13.6. The molecule has 0 bridgehead atoms. The van der Waals surface area contributed by atoms with E-state index < -0.39 is 0 Å². The minimum Gasteiger partial charge on any atom is -0.347 e. The van der Waals surface area contributed by atoms with Crippen molar-refractivity contribution in [2.24, 2.45) is 0 Å². The predicted octanol–water partition coefficient (Wildman–Crippen LogP) is 2.16. The molecule has 1 aromatic carbocycles. The molecule has 2 N–H and O–H groups in total. The number of aromatic nitrogens is 2. The number of amides is 2. The summed E-state index contributed by atoms with van der Waals surface area (Å²) in [6.45, 7) is 0.412. The van der Waals surface area contributed by atoms with E-state index in [2.05, 4.69) is 15.6 Å². The highest BCUT2D eigenvalue weighted by Gasteiger charge is 2.27. The summed E-state index contributed by atoms with van der Waals surface area (Å²) < 4.78 is 1.66. The second kappa shape index (κ2) is 6.39. The van der Waals surface area contributed by atoms with E-state index in [0.717, 1.165) is 18.4 Å². The molecule has 25 heavy (non-hydrogen) atoms. The number of benzene rings is 1. The van der Waals surface area contributed by atoms with Crippen LogP contribution in [0.5, 0.6) is 0 Å². The van der Waals surface area contributed by atoms with Crippen molar-refractivity contribution in [1.29, 1.82) is 0 Å². The average Bonchev–Trinajstić information content (AvgIpc) is 3.37. The number of hydrogen-bond donors (Lipinski definition) is 2. The van der Waals surface area contributed by atoms with Crippen LogP contribution in [0.2, 0.25) is 0 Å². The molecule has 6 nitrogen and oxygen atoms in total. The Bertz CT molecular complexity index is 929. The predicted molar refractivity (Wildman–Crippen MR) is 93.3 cm³/mol. The lowest BCUT2D eigenvalue weighted by Gasteiger charge is -2.03. The van der Waals surface area contributed by atoms with Gasteiger partial charge in [-0.25, -0.2) is 4.98 Å². The van der Waals surface area contributed by atoms with Crippen molar-refractivity contribution in [1.82, 2.24) is 20.0 Å². The van der Waals surface area contributed by atoms with Gasteiger partial charge in [0.05, 0.1) is 5.52 Å². The van der Waals surface area contributed by atoms with Gasteiger partial charge in [0.1, 0.15) is 0 Å². The van der Waals surface area contributed by atoms with Crippen LogP contribution < -0.4 is 10.6 Å². The maximum atomic E-state index is 12.6. The van der Waals surface area contributed by atoms with Crippen molar-refractivity contribution in [3.8, 4) is 0 Å². The second-order valence-corrected chi connectivity index (χ2v) is 6.16. The standard InChI is InChI=1S/C19H18N4O2/c24-18(20-12-13-6-2-1-3-7-13)16-15-8-4-5-11-23(15)17(22-16)19(25)21-14-9-10-14/h1-8,11,14H,9-10,12H2,(H,20,24)(H,21,25). The van der Waals surface area contributed by atoms with E-state index in [9.17, 15) is 9.59 Å². The maximum absolute atomic E-state index is 12.6. The van der Waals surface area contributed by atoms with Crippen molar-refractivity contribution in [2.75, 3.05) is 0 Å². The summed E-state index contributed by atoms with van der Waals surface area (Å²) in [5.41, 5.74) is 1.89. The summed E-state index contributed by atoms with van der Waals surface area (Å²) >= 11 is 0. The number of imidazole rings is 1. The van der Waals surface area contributed by atoms with Crippen molar-refractivity contribution in [3.05, 3.63) is 71.8 Å². The van der Waals surface area contributed by atoms with Crippen LogP contribution in [0, 0.1) is 0 Å². The van der Waals surface area contributed by atoms with Crippen LogP contribution in [-0.4, -0.2) is 27.2 Å². The average molecular weight is 334 g/mol. The van der Waals surface area contributed by atoms with Gasteiger partial charge in [-0.3, -0.25) is 14.0 Å². The third kappa shape index (κ3) is 3.24. The molecule has 0 spiro atoms. The molecule has 4 rings (SSSR count). The minimum atomic E-state index is -0.293. The Hall–Kier alpha value is -3.15. The molecule has 0 saturated heterocycles. The van der Waals surface area contributed by atoms with E-state index >= 15 is 0 Å². The molecule has 1 aliphatic carbocycles. The molecule has 0 unspecified atom stereocenters. The Labute approximate surface area is 144 Å². The van der Waals surface area contributed by atoms with Crippen molar-refractivity contribution in [2.45, 2.75) is 25.4 Å². The number of carbonyl (C=O) groups excluding carboxylic acids is 2. The number of fused-ring (bicyclic) bond motifs is 1. The highest BCUT2D eigenvalue weighted by molar-refractivity contribution is 6.02. The van der Waals surface area contributed by atoms with Gasteiger partial charge in [0, 0.05) is 18.8 Å². The van der Waals surface area contributed by atoms with E-state index in [1.54, 1.807) is 16.7 Å². The topological polar surface area (TPSA) is 75.5 Å². The third-order valence-corrected chi connectivity index (χ3v) is 4.18. The monoisotopic (exact) mass is 334 g/mol. The van der Waals surface area contributed by atoms with Crippen LogP contribution in [0.3, 0.4) is 0 Å². The molecule has 2 heterocycles. The van der Waals surface area contributed by atoms with Crippen LogP contribution in [-0.2, 0) is 6.54 Å². The van der Waals surface area contributed by atoms with Crippen molar-refractivity contribution >= 4 is 17.3 Å². The molecule has 2 amide bonds. The largest absolute Gasteiger partial charge is 0.347 e. The van der Waals surface area contributed by atoms with Crippen LogP contribution in [0.25, 0.3) is 5.52 Å². The summed E-state index contributed by atoms with van der Waals surface area (Å²) in [5, 5.41) is 5.78. The first-order valence-electron chi connectivity index (χ1n) is 8.32. The second-order valence-electron chi connectivity index (χ2n) is 6.16. The first-order valence-corrected chi connectivity index (χ1v) is 8.32. The highest BCUT2D eigenvalue weighted by Crippen LogP contribution is 2.20. The Kier molecular flexibility index (Phi) is 3.93. The number of nitrogens with zero attached hydrogens (tertiary/aromatic N) is 2. The SMILES string of the molecule is O=C(NCc1ccccc1)c1nc(C(=O)NC2CC2)n2ccccc12. The van der Waals surface area contributed by atoms with Gasteiger partial charge in [-0.15, -0.1) is 0 Å². The summed E-state index contributed by atoms with van der Waals surface area (Å²) in [6.07, 6.45) is 3.75. The summed E-state index contributed by atoms with van der Waals surface area (Å²) in [4.78, 5) is 29.3. The van der Waals surface area contributed by atoms with Gasteiger partial charge in [0.2, 0.25) is 5.82 Å². The first kappa shape index (κ1) is 15.4. The summed E-state index contributed by atoms with van der Waals surface area (Å²) in [7, 11) is 0. The van der Waals surface area contributed by atoms with Crippen LogP contribution in [0.4, 0.5) is 0 Å². The lowest BCUT2D eigenvalue weighted by atomic mass is 10.2. The van der Waals surface area contributed by atoms with Crippen LogP contribution >= 0.6 is 0 Å². The lowest BCUT2D eigenvalue weighted by molar-refractivity contribution is 0.0940. The zero-order valence-electron chi connectivity index (χ0n) is 13.6. The van der Waals surface area contributed by atoms with E-state index in [1.165, 1.54) is 0 Å². The van der Waals surface area contributed by atoms with Gasteiger partial charge in [0.15, 0.2) is 5.69 Å². The van der Waals surface area contributed by atoms with Gasteiger partial charge in [0.25, 0.3) is 11.8 Å². The number of hydrogen-bond acceptors (Lipinski definition) is 3. The molecule has 0 aliphatic heterocycles. The number of pyridine rings is 1.